The molecular formula is C12H12F3N3OS. The van der Waals surface area contributed by atoms with Gasteiger partial charge in [0.2, 0.25) is 0 Å². The summed E-state index contributed by atoms with van der Waals surface area (Å²) in [5.41, 5.74) is 6.50. The highest BCUT2D eigenvalue weighted by Gasteiger charge is 2.31. The molecule has 1 unspecified atom stereocenters. The second kappa shape index (κ2) is 5.28. The Morgan fingerprint density at radius 1 is 1.55 bits per heavy atom. The van der Waals surface area contributed by atoms with Crippen molar-refractivity contribution in [1.82, 2.24) is 10.3 Å². The van der Waals surface area contributed by atoms with Gasteiger partial charge in [0.1, 0.15) is 10.4 Å². The van der Waals surface area contributed by atoms with Crippen LogP contribution in [0.5, 0.6) is 0 Å². The number of hydrogen-bond donors (Lipinski definition) is 2. The topological polar surface area (TPSA) is 68.0 Å². The molecule has 0 aliphatic rings. The summed E-state index contributed by atoms with van der Waals surface area (Å²) in [5, 5.41) is 2.30. The van der Waals surface area contributed by atoms with Gasteiger partial charge in [0.25, 0.3) is 5.91 Å². The first-order valence-electron chi connectivity index (χ1n) is 5.78. The van der Waals surface area contributed by atoms with Crippen LogP contribution in [-0.2, 0) is 0 Å². The number of hydrogen-bond acceptors (Lipinski definition) is 4. The zero-order valence-corrected chi connectivity index (χ0v) is 11.3. The van der Waals surface area contributed by atoms with Crippen molar-refractivity contribution in [2.75, 3.05) is 5.73 Å². The molecule has 1 amide bonds. The number of carbonyl (C=O) groups is 1. The summed E-state index contributed by atoms with van der Waals surface area (Å²) in [6.45, 7) is 1.30. The lowest BCUT2D eigenvalue weighted by Gasteiger charge is -2.15. The largest absolute Gasteiger partial charge is 0.396 e. The number of nitrogens with two attached hydrogens (primary N) is 1. The van der Waals surface area contributed by atoms with E-state index in [4.69, 9.17) is 5.73 Å². The molecule has 20 heavy (non-hydrogen) atoms. The molecule has 0 saturated carbocycles. The number of nitrogens with one attached hydrogen (secondary N) is 1. The second-order valence-electron chi connectivity index (χ2n) is 4.39. The Morgan fingerprint density at radius 2 is 2.25 bits per heavy atom. The molecule has 0 aromatic carbocycles. The number of aromatic nitrogens is 1. The Morgan fingerprint density at radius 3 is 2.85 bits per heavy atom. The van der Waals surface area contributed by atoms with Gasteiger partial charge in [-0.15, -0.1) is 11.3 Å². The van der Waals surface area contributed by atoms with Gasteiger partial charge in [-0.3, -0.25) is 9.78 Å². The van der Waals surface area contributed by atoms with Crippen LogP contribution in [0.25, 0.3) is 10.2 Å². The van der Waals surface area contributed by atoms with Crippen molar-refractivity contribution in [3.8, 4) is 0 Å². The molecule has 0 aliphatic heterocycles. The standard InChI is InChI=1S/C12H12F3N3OS/c1-6(5-12(13,14)15)18-11(19)10-8(16)9-7(20-10)3-2-4-17-9/h2-4,6H,5,16H2,1H3,(H,18,19). The highest BCUT2D eigenvalue weighted by atomic mass is 32.1. The number of pyridine rings is 1. The summed E-state index contributed by atoms with van der Waals surface area (Å²) in [7, 11) is 0. The quantitative estimate of drug-likeness (QED) is 0.916. The maximum atomic E-state index is 12.2. The molecule has 4 nitrogen and oxygen atoms in total. The molecule has 0 aliphatic carbocycles. The van der Waals surface area contributed by atoms with E-state index in [1.807, 2.05) is 0 Å². The van der Waals surface area contributed by atoms with Gasteiger partial charge in [0.15, 0.2) is 0 Å². The molecule has 0 fully saturated rings. The minimum atomic E-state index is -4.32. The van der Waals surface area contributed by atoms with Gasteiger partial charge < -0.3 is 11.1 Å². The van der Waals surface area contributed by atoms with Gasteiger partial charge in [-0.2, -0.15) is 13.2 Å². The smallest absolute Gasteiger partial charge is 0.391 e. The Labute approximate surface area is 116 Å². The van der Waals surface area contributed by atoms with Crippen molar-refractivity contribution in [2.45, 2.75) is 25.6 Å². The molecule has 2 heterocycles. The van der Waals surface area contributed by atoms with Crippen LogP contribution < -0.4 is 11.1 Å². The summed E-state index contributed by atoms with van der Waals surface area (Å²) < 4.78 is 37.4. The van der Waals surface area contributed by atoms with Gasteiger partial charge in [-0.05, 0) is 19.1 Å². The average molecular weight is 303 g/mol. The van der Waals surface area contributed by atoms with Crippen molar-refractivity contribution in [1.29, 1.82) is 0 Å². The lowest BCUT2D eigenvalue weighted by Crippen LogP contribution is -2.35. The number of anilines is 1. The Hall–Kier alpha value is -1.83. The van der Waals surface area contributed by atoms with Gasteiger partial charge in [-0.1, -0.05) is 0 Å². The van der Waals surface area contributed by atoms with E-state index in [0.717, 1.165) is 16.0 Å². The van der Waals surface area contributed by atoms with Crippen molar-refractivity contribution in [3.63, 3.8) is 0 Å². The molecule has 1 atom stereocenters. The maximum absolute atomic E-state index is 12.2. The number of amides is 1. The average Bonchev–Trinajstić information content (AvgIpc) is 2.65. The molecule has 0 bridgehead atoms. The monoisotopic (exact) mass is 303 g/mol. The number of carbonyl (C=O) groups excluding carboxylic acids is 1. The first kappa shape index (κ1) is 14.6. The fourth-order valence-electron chi connectivity index (χ4n) is 1.80. The predicted molar refractivity (Wildman–Crippen MR) is 71.6 cm³/mol. The fourth-order valence-corrected chi connectivity index (χ4v) is 2.79. The van der Waals surface area contributed by atoms with Crippen LogP contribution in [0.4, 0.5) is 18.9 Å². The molecular weight excluding hydrogens is 291 g/mol. The van der Waals surface area contributed by atoms with E-state index in [1.165, 1.54) is 6.92 Å². The van der Waals surface area contributed by atoms with E-state index in [2.05, 4.69) is 10.3 Å². The summed E-state index contributed by atoms with van der Waals surface area (Å²) in [6.07, 6.45) is -3.86. The van der Waals surface area contributed by atoms with Crippen molar-refractivity contribution < 1.29 is 18.0 Å². The first-order valence-corrected chi connectivity index (χ1v) is 6.60. The van der Waals surface area contributed by atoms with Gasteiger partial charge >= 0.3 is 6.18 Å². The molecule has 0 spiro atoms. The number of fused-ring (bicyclic) bond motifs is 1. The van der Waals surface area contributed by atoms with E-state index in [1.54, 1.807) is 18.3 Å². The molecule has 0 radical (unpaired) electrons. The zero-order chi connectivity index (χ0) is 14.9. The Bertz CT molecular complexity index is 638. The van der Waals surface area contributed by atoms with Crippen molar-refractivity contribution >= 4 is 33.1 Å². The van der Waals surface area contributed by atoms with Crippen LogP contribution in [0.3, 0.4) is 0 Å². The third-order valence-corrected chi connectivity index (χ3v) is 3.76. The highest BCUT2D eigenvalue weighted by Crippen LogP contribution is 2.32. The molecule has 8 heteroatoms. The molecule has 2 rings (SSSR count). The Balaban J connectivity index is 2.17. The van der Waals surface area contributed by atoms with Crippen LogP contribution in [0.1, 0.15) is 23.0 Å². The van der Waals surface area contributed by atoms with Gasteiger partial charge in [0.05, 0.1) is 16.8 Å². The number of alkyl halides is 3. The number of halogens is 3. The summed E-state index contributed by atoms with van der Waals surface area (Å²) in [5.74, 6) is -0.609. The van der Waals surface area contributed by atoms with E-state index >= 15 is 0 Å². The lowest BCUT2D eigenvalue weighted by molar-refractivity contribution is -0.138. The zero-order valence-electron chi connectivity index (χ0n) is 10.5. The first-order chi connectivity index (χ1) is 9.28. The number of nitrogens with zero attached hydrogens (tertiary/aromatic N) is 1. The third kappa shape index (κ3) is 3.19. The molecule has 2 aromatic rings. The minimum absolute atomic E-state index is 0.188. The number of nitrogen functional groups attached to an aromatic ring is 1. The minimum Gasteiger partial charge on any atom is -0.396 e. The number of thiophene rings is 1. The van der Waals surface area contributed by atoms with Gasteiger partial charge in [-0.25, -0.2) is 0 Å². The molecule has 108 valence electrons. The summed E-state index contributed by atoms with van der Waals surface area (Å²) in [6, 6.07) is 2.44. The van der Waals surface area contributed by atoms with Crippen LogP contribution in [0.15, 0.2) is 18.3 Å². The van der Waals surface area contributed by atoms with E-state index in [-0.39, 0.29) is 10.6 Å². The van der Waals surface area contributed by atoms with Crippen LogP contribution in [0.2, 0.25) is 0 Å². The SMILES string of the molecule is CC(CC(F)(F)F)NC(=O)c1sc2cccnc2c1N. The lowest BCUT2D eigenvalue weighted by atomic mass is 10.2. The van der Waals surface area contributed by atoms with Crippen LogP contribution >= 0.6 is 11.3 Å². The molecule has 3 N–H and O–H groups in total. The van der Waals surface area contributed by atoms with Crippen LogP contribution in [0, 0.1) is 0 Å². The maximum Gasteiger partial charge on any atom is 0.391 e. The van der Waals surface area contributed by atoms with Crippen LogP contribution in [-0.4, -0.2) is 23.1 Å². The third-order valence-electron chi connectivity index (χ3n) is 2.60. The fraction of sp³-hybridized carbons (Fsp3) is 0.333. The van der Waals surface area contributed by atoms with E-state index in [0.29, 0.717) is 5.52 Å². The Kier molecular flexibility index (Phi) is 3.85. The van der Waals surface area contributed by atoms with Gasteiger partial charge in [0, 0.05) is 12.2 Å². The summed E-state index contributed by atoms with van der Waals surface area (Å²) in [4.78, 5) is 16.2. The summed E-state index contributed by atoms with van der Waals surface area (Å²) >= 11 is 1.11. The van der Waals surface area contributed by atoms with E-state index in [9.17, 15) is 18.0 Å². The van der Waals surface area contributed by atoms with Crippen molar-refractivity contribution in [3.05, 3.63) is 23.2 Å². The highest BCUT2D eigenvalue weighted by molar-refractivity contribution is 7.21. The second-order valence-corrected chi connectivity index (χ2v) is 5.44. The molecule has 2 aromatic heterocycles. The van der Waals surface area contributed by atoms with Crippen molar-refractivity contribution in [2.24, 2.45) is 0 Å². The molecule has 0 saturated heterocycles. The van der Waals surface area contributed by atoms with E-state index < -0.39 is 24.5 Å². The predicted octanol–water partition coefficient (Wildman–Crippen LogP) is 2.95. The number of rotatable bonds is 3. The normalized spacial score (nSPS) is 13.4.